The maximum atomic E-state index is 11.8. The summed E-state index contributed by atoms with van der Waals surface area (Å²) in [4.78, 5) is 11.8. The number of nitrogens with zero attached hydrogens (tertiary/aromatic N) is 2. The molecule has 118 valence electrons. The van der Waals surface area contributed by atoms with Crippen molar-refractivity contribution < 1.29 is 9.53 Å². The van der Waals surface area contributed by atoms with E-state index in [-0.39, 0.29) is 12.7 Å². The SMILES string of the molecule is CC(C)(C)C(=O)OCn1ccc(/C(=C\N)c2cn[nH]c2)c1N. The molecule has 0 fully saturated rings. The quantitative estimate of drug-likeness (QED) is 0.744. The number of carbonyl (C=O) groups is 1. The molecule has 5 N–H and O–H groups in total. The van der Waals surface area contributed by atoms with Crippen molar-refractivity contribution in [1.82, 2.24) is 14.8 Å². The zero-order valence-corrected chi connectivity index (χ0v) is 13.0. The van der Waals surface area contributed by atoms with Gasteiger partial charge in [-0.25, -0.2) is 0 Å². The number of esters is 1. The lowest BCUT2D eigenvalue weighted by molar-refractivity contribution is -0.156. The van der Waals surface area contributed by atoms with Crippen LogP contribution in [-0.2, 0) is 16.3 Å². The van der Waals surface area contributed by atoms with E-state index in [1.54, 1.807) is 43.9 Å². The predicted octanol–water partition coefficient (Wildman–Crippen LogP) is 1.69. The molecular weight excluding hydrogens is 282 g/mol. The number of anilines is 1. The van der Waals surface area contributed by atoms with Crippen molar-refractivity contribution in [2.45, 2.75) is 27.5 Å². The topological polar surface area (TPSA) is 112 Å². The lowest BCUT2D eigenvalue weighted by Gasteiger charge is -2.17. The van der Waals surface area contributed by atoms with Crippen LogP contribution >= 0.6 is 0 Å². The fourth-order valence-electron chi connectivity index (χ4n) is 1.91. The average molecular weight is 303 g/mol. The molecule has 0 amide bonds. The van der Waals surface area contributed by atoms with Gasteiger partial charge in [0.1, 0.15) is 5.82 Å². The molecule has 0 radical (unpaired) electrons. The fourth-order valence-corrected chi connectivity index (χ4v) is 1.91. The number of ether oxygens (including phenoxy) is 1. The third-order valence-electron chi connectivity index (χ3n) is 3.22. The number of rotatable bonds is 4. The largest absolute Gasteiger partial charge is 0.443 e. The molecule has 7 heteroatoms. The van der Waals surface area contributed by atoms with Crippen LogP contribution < -0.4 is 11.5 Å². The highest BCUT2D eigenvalue weighted by atomic mass is 16.5. The zero-order chi connectivity index (χ0) is 16.3. The smallest absolute Gasteiger partial charge is 0.312 e. The van der Waals surface area contributed by atoms with Crippen LogP contribution in [0.1, 0.15) is 31.9 Å². The normalized spacial score (nSPS) is 12.4. The number of nitrogens with two attached hydrogens (primary N) is 2. The molecule has 7 nitrogen and oxygen atoms in total. The molecular formula is C15H21N5O2. The Hall–Kier alpha value is -2.70. The second kappa shape index (κ2) is 5.97. The average Bonchev–Trinajstić information content (AvgIpc) is 3.08. The molecule has 2 heterocycles. The molecule has 22 heavy (non-hydrogen) atoms. The molecule has 0 saturated carbocycles. The van der Waals surface area contributed by atoms with Crippen LogP contribution in [0.15, 0.2) is 30.9 Å². The van der Waals surface area contributed by atoms with Gasteiger partial charge in [-0.1, -0.05) is 0 Å². The summed E-state index contributed by atoms with van der Waals surface area (Å²) in [5.41, 5.74) is 13.6. The van der Waals surface area contributed by atoms with Crippen LogP contribution in [0.2, 0.25) is 0 Å². The number of hydrogen-bond donors (Lipinski definition) is 3. The summed E-state index contributed by atoms with van der Waals surface area (Å²) in [7, 11) is 0. The lowest BCUT2D eigenvalue weighted by atomic mass is 9.98. The first-order valence-corrected chi connectivity index (χ1v) is 6.88. The van der Waals surface area contributed by atoms with Gasteiger partial charge >= 0.3 is 5.97 Å². The summed E-state index contributed by atoms with van der Waals surface area (Å²) in [6.07, 6.45) is 6.62. The van der Waals surface area contributed by atoms with Crippen LogP contribution in [0.5, 0.6) is 0 Å². The first kappa shape index (κ1) is 15.7. The van der Waals surface area contributed by atoms with Crippen LogP contribution in [0, 0.1) is 5.41 Å². The second-order valence-corrected chi connectivity index (χ2v) is 5.96. The minimum absolute atomic E-state index is 0.0607. The number of hydrogen-bond acceptors (Lipinski definition) is 5. The van der Waals surface area contributed by atoms with E-state index >= 15 is 0 Å². The minimum Gasteiger partial charge on any atom is -0.443 e. The number of H-pyrrole nitrogens is 1. The van der Waals surface area contributed by atoms with Gasteiger partial charge < -0.3 is 20.8 Å². The van der Waals surface area contributed by atoms with Gasteiger partial charge in [-0.3, -0.25) is 9.89 Å². The molecule has 2 rings (SSSR count). The van der Waals surface area contributed by atoms with E-state index in [2.05, 4.69) is 10.2 Å². The van der Waals surface area contributed by atoms with E-state index < -0.39 is 5.41 Å². The van der Waals surface area contributed by atoms with E-state index in [1.165, 1.54) is 6.20 Å². The van der Waals surface area contributed by atoms with Crippen LogP contribution in [0.25, 0.3) is 5.57 Å². The summed E-state index contributed by atoms with van der Waals surface area (Å²) in [5.74, 6) is 0.186. The molecule has 0 aliphatic heterocycles. The van der Waals surface area contributed by atoms with Crippen molar-refractivity contribution in [2.24, 2.45) is 11.1 Å². The van der Waals surface area contributed by atoms with Gasteiger partial charge in [-0.05, 0) is 26.8 Å². The van der Waals surface area contributed by atoms with Crippen molar-refractivity contribution in [3.05, 3.63) is 42.0 Å². The molecule has 2 aromatic heterocycles. The van der Waals surface area contributed by atoms with E-state index in [1.807, 2.05) is 6.07 Å². The first-order chi connectivity index (χ1) is 10.3. The minimum atomic E-state index is -0.552. The molecule has 0 bridgehead atoms. The van der Waals surface area contributed by atoms with Gasteiger partial charge in [0.15, 0.2) is 6.73 Å². The third kappa shape index (κ3) is 3.13. The summed E-state index contributed by atoms with van der Waals surface area (Å²) >= 11 is 0. The molecule has 0 aromatic carbocycles. The highest BCUT2D eigenvalue weighted by Crippen LogP contribution is 2.28. The third-order valence-corrected chi connectivity index (χ3v) is 3.22. The Kier molecular flexibility index (Phi) is 4.25. The monoisotopic (exact) mass is 303 g/mol. The van der Waals surface area contributed by atoms with Crippen molar-refractivity contribution in [3.8, 4) is 0 Å². The van der Waals surface area contributed by atoms with E-state index in [9.17, 15) is 4.79 Å². The Bertz CT molecular complexity index is 677. The second-order valence-electron chi connectivity index (χ2n) is 5.96. The Morgan fingerprint density at radius 1 is 1.50 bits per heavy atom. The predicted molar refractivity (Wildman–Crippen MR) is 84.2 cm³/mol. The highest BCUT2D eigenvalue weighted by Gasteiger charge is 2.23. The van der Waals surface area contributed by atoms with Crippen molar-refractivity contribution in [3.63, 3.8) is 0 Å². The molecule has 2 aromatic rings. The molecule has 0 spiro atoms. The number of aromatic amines is 1. The summed E-state index contributed by atoms with van der Waals surface area (Å²) in [5, 5.41) is 6.64. The fraction of sp³-hybridized carbons (Fsp3) is 0.333. The summed E-state index contributed by atoms with van der Waals surface area (Å²) in [6.45, 7) is 5.46. The van der Waals surface area contributed by atoms with Crippen molar-refractivity contribution in [2.75, 3.05) is 5.73 Å². The molecule has 0 unspecified atom stereocenters. The number of nitrogen functional groups attached to an aromatic ring is 1. The van der Waals surface area contributed by atoms with Gasteiger partial charge in [-0.15, -0.1) is 0 Å². The van der Waals surface area contributed by atoms with Gasteiger partial charge in [0, 0.05) is 35.3 Å². The zero-order valence-electron chi connectivity index (χ0n) is 13.0. The van der Waals surface area contributed by atoms with E-state index in [4.69, 9.17) is 16.2 Å². The Morgan fingerprint density at radius 3 is 2.77 bits per heavy atom. The lowest BCUT2D eigenvalue weighted by Crippen LogP contribution is -2.24. The molecule has 0 saturated heterocycles. The maximum absolute atomic E-state index is 11.8. The van der Waals surface area contributed by atoms with Crippen LogP contribution in [0.3, 0.4) is 0 Å². The first-order valence-electron chi connectivity index (χ1n) is 6.88. The van der Waals surface area contributed by atoms with Gasteiger partial charge in [0.2, 0.25) is 0 Å². The van der Waals surface area contributed by atoms with Crippen LogP contribution in [-0.4, -0.2) is 20.7 Å². The van der Waals surface area contributed by atoms with Crippen molar-refractivity contribution >= 4 is 17.4 Å². The summed E-state index contributed by atoms with van der Waals surface area (Å²) < 4.78 is 6.92. The van der Waals surface area contributed by atoms with Gasteiger partial charge in [0.05, 0.1) is 11.6 Å². The highest BCUT2D eigenvalue weighted by molar-refractivity contribution is 5.84. The van der Waals surface area contributed by atoms with E-state index in [0.29, 0.717) is 5.82 Å². The van der Waals surface area contributed by atoms with E-state index in [0.717, 1.165) is 16.7 Å². The number of carbonyl (C=O) groups excluding carboxylic acids is 1. The summed E-state index contributed by atoms with van der Waals surface area (Å²) in [6, 6.07) is 1.83. The van der Waals surface area contributed by atoms with Crippen molar-refractivity contribution in [1.29, 1.82) is 0 Å². The Balaban J connectivity index is 2.18. The maximum Gasteiger partial charge on any atom is 0.312 e. The molecule has 0 aliphatic carbocycles. The number of nitrogens with one attached hydrogen (secondary N) is 1. The van der Waals surface area contributed by atoms with Crippen LogP contribution in [0.4, 0.5) is 5.82 Å². The standard InChI is InChI=1S/C15H21N5O2/c1-15(2,3)14(21)22-9-20-5-4-11(13(20)17)12(6-16)10-7-18-19-8-10/h4-8H,9,16-17H2,1-3H3,(H,18,19)/b12-6-. The Labute approximate surface area is 128 Å². The van der Waals surface area contributed by atoms with Gasteiger partial charge in [-0.2, -0.15) is 5.10 Å². The van der Waals surface area contributed by atoms with Gasteiger partial charge in [0.25, 0.3) is 0 Å². The Morgan fingerprint density at radius 2 is 2.23 bits per heavy atom. The molecule has 0 aliphatic rings. The number of aromatic nitrogens is 3. The molecule has 0 atom stereocenters.